The highest BCUT2D eigenvalue weighted by atomic mass is 32.1. The van der Waals surface area contributed by atoms with E-state index in [-0.39, 0.29) is 0 Å². The van der Waals surface area contributed by atoms with Crippen molar-refractivity contribution < 1.29 is 0 Å². The van der Waals surface area contributed by atoms with Crippen molar-refractivity contribution in [2.75, 3.05) is 0 Å². The van der Waals surface area contributed by atoms with Crippen LogP contribution in [0.15, 0.2) is 76.8 Å². The maximum atomic E-state index is 2.23. The van der Waals surface area contributed by atoms with Gasteiger partial charge in [-0.05, 0) is 71.3 Å². The van der Waals surface area contributed by atoms with Crippen molar-refractivity contribution >= 4 is 22.7 Å². The largest absolute Gasteiger partial charge is 0.152 e. The summed E-state index contributed by atoms with van der Waals surface area (Å²) in [6, 6.07) is 21.7. The summed E-state index contributed by atoms with van der Waals surface area (Å²) in [5.74, 6) is 0. The molecule has 0 atom stereocenters. The summed E-state index contributed by atoms with van der Waals surface area (Å²) in [6.07, 6.45) is 0. The predicted molar refractivity (Wildman–Crippen MR) is 125 cm³/mol. The molecule has 2 heterocycles. The van der Waals surface area contributed by atoms with Gasteiger partial charge in [0.1, 0.15) is 0 Å². The first-order chi connectivity index (χ1) is 13.1. The fourth-order valence-corrected chi connectivity index (χ4v) is 3.89. The molecule has 0 N–H and O–H groups in total. The smallest absolute Gasteiger partial charge is 0.00205 e. The SMILES string of the molecule is CC.Cc1ccc(-c2ccsc2)cc1.Cc1ccc(-c2csc(C)c2)cc1. The van der Waals surface area contributed by atoms with Crippen LogP contribution in [0.5, 0.6) is 0 Å². The monoisotopic (exact) mass is 392 g/mol. The Bertz CT molecular complexity index is 896. The van der Waals surface area contributed by atoms with Gasteiger partial charge in [0.2, 0.25) is 0 Å². The van der Waals surface area contributed by atoms with E-state index in [0.29, 0.717) is 0 Å². The van der Waals surface area contributed by atoms with Gasteiger partial charge >= 0.3 is 0 Å². The zero-order chi connectivity index (χ0) is 19.6. The van der Waals surface area contributed by atoms with Crippen LogP contribution in [0.1, 0.15) is 29.9 Å². The average Bonchev–Trinajstić information content (AvgIpc) is 3.37. The Morgan fingerprint density at radius 1 is 0.556 bits per heavy atom. The molecule has 0 amide bonds. The maximum Gasteiger partial charge on any atom is 0.00205 e. The Morgan fingerprint density at radius 3 is 1.48 bits per heavy atom. The molecule has 2 aromatic carbocycles. The molecular formula is C25H28S2. The van der Waals surface area contributed by atoms with Crippen molar-refractivity contribution in [2.45, 2.75) is 34.6 Å². The summed E-state index contributed by atoms with van der Waals surface area (Å²) < 4.78 is 0. The van der Waals surface area contributed by atoms with E-state index < -0.39 is 0 Å². The molecule has 140 valence electrons. The molecule has 0 bridgehead atoms. The Morgan fingerprint density at radius 2 is 1.07 bits per heavy atom. The van der Waals surface area contributed by atoms with Crippen LogP contribution in [0.4, 0.5) is 0 Å². The quantitative estimate of drug-likeness (QED) is 0.320. The van der Waals surface area contributed by atoms with Gasteiger partial charge in [-0.1, -0.05) is 73.5 Å². The molecule has 0 unspecified atom stereocenters. The molecule has 0 aliphatic heterocycles. The van der Waals surface area contributed by atoms with Crippen molar-refractivity contribution in [3.05, 3.63) is 92.8 Å². The first-order valence-corrected chi connectivity index (χ1v) is 11.2. The van der Waals surface area contributed by atoms with Crippen molar-refractivity contribution in [3.8, 4) is 22.3 Å². The molecule has 2 aromatic heterocycles. The molecule has 0 spiro atoms. The minimum atomic E-state index is 1.31. The molecule has 0 fully saturated rings. The van der Waals surface area contributed by atoms with Gasteiger partial charge in [-0.25, -0.2) is 0 Å². The van der Waals surface area contributed by atoms with E-state index in [0.717, 1.165) is 0 Å². The predicted octanol–water partition coefficient (Wildman–Crippen LogP) is 8.78. The van der Waals surface area contributed by atoms with Crippen LogP contribution in [0.3, 0.4) is 0 Å². The topological polar surface area (TPSA) is 0 Å². The van der Waals surface area contributed by atoms with Gasteiger partial charge < -0.3 is 0 Å². The van der Waals surface area contributed by atoms with Crippen LogP contribution in [0.25, 0.3) is 22.3 Å². The molecule has 4 aromatic rings. The van der Waals surface area contributed by atoms with E-state index in [9.17, 15) is 0 Å². The van der Waals surface area contributed by atoms with Gasteiger partial charge in [0.25, 0.3) is 0 Å². The molecule has 0 saturated heterocycles. The standard InChI is InChI=1S/C12H12S.C11H10S.C2H6/c1-9-3-5-11(6-4-9)12-7-10(2)13-8-12;1-9-2-4-10(5-3-9)11-6-7-12-8-11;1-2/h3-8H,1-2H3;2-8H,1H3;1-2H3. The van der Waals surface area contributed by atoms with E-state index in [1.807, 2.05) is 13.8 Å². The lowest BCUT2D eigenvalue weighted by molar-refractivity contribution is 1.47. The summed E-state index contributed by atoms with van der Waals surface area (Å²) in [7, 11) is 0. The number of hydrogen-bond donors (Lipinski definition) is 0. The minimum absolute atomic E-state index is 1.31. The Hall–Kier alpha value is -2.16. The Balaban J connectivity index is 0.000000178. The normalized spacial score (nSPS) is 9.67. The number of hydrogen-bond acceptors (Lipinski definition) is 2. The van der Waals surface area contributed by atoms with Gasteiger partial charge in [0.15, 0.2) is 0 Å². The van der Waals surface area contributed by atoms with E-state index in [4.69, 9.17) is 0 Å². The highest BCUT2D eigenvalue weighted by molar-refractivity contribution is 7.10. The van der Waals surface area contributed by atoms with Crippen molar-refractivity contribution in [1.29, 1.82) is 0 Å². The molecule has 2 heteroatoms. The third-order valence-corrected chi connectivity index (χ3v) is 5.57. The highest BCUT2D eigenvalue weighted by Gasteiger charge is 1.98. The fraction of sp³-hybridized carbons (Fsp3) is 0.200. The van der Waals surface area contributed by atoms with Crippen LogP contribution >= 0.6 is 22.7 Å². The summed E-state index contributed by atoms with van der Waals surface area (Å²) in [5, 5.41) is 6.49. The molecule has 4 rings (SSSR count). The van der Waals surface area contributed by atoms with E-state index in [1.54, 1.807) is 22.7 Å². The van der Waals surface area contributed by atoms with Gasteiger partial charge in [-0.15, -0.1) is 11.3 Å². The van der Waals surface area contributed by atoms with E-state index in [2.05, 4.69) is 97.6 Å². The molecule has 0 radical (unpaired) electrons. The third kappa shape index (κ3) is 6.50. The maximum absolute atomic E-state index is 2.23. The molecule has 0 saturated carbocycles. The summed E-state index contributed by atoms with van der Waals surface area (Å²) in [5.41, 5.74) is 7.91. The van der Waals surface area contributed by atoms with Crippen LogP contribution < -0.4 is 0 Å². The molecule has 0 nitrogen and oxygen atoms in total. The summed E-state index contributed by atoms with van der Waals surface area (Å²) in [4.78, 5) is 1.37. The summed E-state index contributed by atoms with van der Waals surface area (Å²) in [6.45, 7) is 10.4. The Labute approximate surface area is 172 Å². The number of rotatable bonds is 2. The Kier molecular flexibility index (Phi) is 8.50. The van der Waals surface area contributed by atoms with Crippen molar-refractivity contribution in [2.24, 2.45) is 0 Å². The number of benzene rings is 2. The first-order valence-electron chi connectivity index (χ1n) is 9.33. The third-order valence-electron chi connectivity index (χ3n) is 4.02. The molecule has 0 aliphatic rings. The molecular weight excluding hydrogens is 364 g/mol. The minimum Gasteiger partial charge on any atom is -0.152 e. The lowest BCUT2D eigenvalue weighted by Gasteiger charge is -1.97. The van der Waals surface area contributed by atoms with E-state index in [1.165, 1.54) is 38.3 Å². The second-order valence-electron chi connectivity index (χ2n) is 6.19. The van der Waals surface area contributed by atoms with Crippen LogP contribution in [-0.4, -0.2) is 0 Å². The second-order valence-corrected chi connectivity index (χ2v) is 8.09. The van der Waals surface area contributed by atoms with Crippen LogP contribution in [0.2, 0.25) is 0 Å². The van der Waals surface area contributed by atoms with Crippen LogP contribution in [0, 0.1) is 20.8 Å². The average molecular weight is 393 g/mol. The fourth-order valence-electron chi connectivity index (χ4n) is 2.52. The number of thiophene rings is 2. The van der Waals surface area contributed by atoms with Gasteiger partial charge in [0.05, 0.1) is 0 Å². The zero-order valence-electron chi connectivity index (χ0n) is 16.8. The van der Waals surface area contributed by atoms with Crippen molar-refractivity contribution in [1.82, 2.24) is 0 Å². The van der Waals surface area contributed by atoms with E-state index >= 15 is 0 Å². The lowest BCUT2D eigenvalue weighted by Crippen LogP contribution is -1.74. The second kappa shape index (κ2) is 10.9. The summed E-state index contributed by atoms with van der Waals surface area (Å²) >= 11 is 3.54. The highest BCUT2D eigenvalue weighted by Crippen LogP contribution is 2.25. The van der Waals surface area contributed by atoms with Gasteiger partial charge in [0, 0.05) is 4.88 Å². The first kappa shape index (κ1) is 21.1. The van der Waals surface area contributed by atoms with Crippen LogP contribution in [-0.2, 0) is 0 Å². The molecule has 0 aliphatic carbocycles. The number of aryl methyl sites for hydroxylation is 3. The van der Waals surface area contributed by atoms with Crippen molar-refractivity contribution in [3.63, 3.8) is 0 Å². The van der Waals surface area contributed by atoms with Gasteiger partial charge in [-0.3, -0.25) is 0 Å². The molecule has 27 heavy (non-hydrogen) atoms. The van der Waals surface area contributed by atoms with Gasteiger partial charge in [-0.2, -0.15) is 11.3 Å². The lowest BCUT2D eigenvalue weighted by atomic mass is 10.1. The zero-order valence-corrected chi connectivity index (χ0v) is 18.5.